The molecule has 0 spiro atoms. The lowest BCUT2D eigenvalue weighted by Gasteiger charge is -2.29. The number of nitrogens with two attached hydrogens (primary N) is 1. The molecule has 0 unspecified atom stereocenters. The summed E-state index contributed by atoms with van der Waals surface area (Å²) in [6, 6.07) is 1.80. The van der Waals surface area contributed by atoms with Gasteiger partial charge in [-0.25, -0.2) is 0 Å². The molecule has 3 fully saturated rings. The zero-order chi connectivity index (χ0) is 17.6. The number of ether oxygens (including phenoxy) is 1. The van der Waals surface area contributed by atoms with Gasteiger partial charge in [-0.05, 0) is 0 Å². The van der Waals surface area contributed by atoms with Crippen LogP contribution in [0.3, 0.4) is 0 Å². The van der Waals surface area contributed by atoms with Crippen LogP contribution in [0.4, 0.5) is 17.6 Å². The molecule has 1 aromatic rings. The molecule has 3 aliphatic rings. The summed E-state index contributed by atoms with van der Waals surface area (Å²) in [6.45, 7) is 3.31. The van der Waals surface area contributed by atoms with E-state index in [-0.39, 0.29) is 24.9 Å². The molecule has 3 aliphatic heterocycles. The van der Waals surface area contributed by atoms with Crippen LogP contribution in [-0.2, 0) is 14.3 Å². The van der Waals surface area contributed by atoms with E-state index in [4.69, 9.17) is 10.5 Å². The van der Waals surface area contributed by atoms with Crippen molar-refractivity contribution in [3.63, 3.8) is 0 Å². The lowest BCUT2D eigenvalue weighted by molar-refractivity contribution is -0.149. The van der Waals surface area contributed by atoms with Crippen molar-refractivity contribution < 1.29 is 19.4 Å². The number of carboxylic acid groups (broad SMARTS) is 1. The fourth-order valence-corrected chi connectivity index (χ4v) is 3.81. The minimum Gasteiger partial charge on any atom is -0.481 e. The Hall–Kier alpha value is -2.62. The minimum absolute atomic E-state index is 0.130. The van der Waals surface area contributed by atoms with E-state index in [9.17, 15) is 14.7 Å². The number of nitrogens with zero attached hydrogens (tertiary/aromatic N) is 4. The number of nitrogen functional groups attached to an aromatic ring is 1. The minimum atomic E-state index is -1.12. The second-order valence-electron chi connectivity index (χ2n) is 6.65. The fourth-order valence-electron chi connectivity index (χ4n) is 3.81. The quantitative estimate of drug-likeness (QED) is 0.598. The van der Waals surface area contributed by atoms with Gasteiger partial charge in [0.2, 0.25) is 11.9 Å². The molecule has 134 valence electrons. The molecular weight excluding hydrogens is 328 g/mol. The van der Waals surface area contributed by atoms with E-state index in [1.807, 2.05) is 4.90 Å². The van der Waals surface area contributed by atoms with Gasteiger partial charge in [0.15, 0.2) is 0 Å². The van der Waals surface area contributed by atoms with Gasteiger partial charge in [0, 0.05) is 38.8 Å². The number of nitrogens with one attached hydrogen (secondary N) is 1. The van der Waals surface area contributed by atoms with E-state index in [2.05, 4.69) is 20.2 Å². The first-order valence-electron chi connectivity index (χ1n) is 8.23. The van der Waals surface area contributed by atoms with Crippen LogP contribution in [0.1, 0.15) is 0 Å². The van der Waals surface area contributed by atoms with Crippen molar-refractivity contribution in [1.29, 1.82) is 0 Å². The third-order valence-electron chi connectivity index (χ3n) is 5.24. The molecule has 0 aromatic carbocycles. The van der Waals surface area contributed by atoms with Gasteiger partial charge < -0.3 is 30.7 Å². The lowest BCUT2D eigenvalue weighted by atomic mass is 9.81. The maximum absolute atomic E-state index is 12.0. The maximum Gasteiger partial charge on any atom is 0.314 e. The summed E-state index contributed by atoms with van der Waals surface area (Å²) >= 11 is 0. The summed E-state index contributed by atoms with van der Waals surface area (Å²) in [6.07, 6.45) is 0. The number of aromatic nitrogens is 2. The van der Waals surface area contributed by atoms with Gasteiger partial charge >= 0.3 is 5.97 Å². The number of carbonyl (C=O) groups excluding carboxylic acids is 1. The fraction of sp³-hybridized carbons (Fsp3) is 0.600. The monoisotopic (exact) mass is 348 g/mol. The van der Waals surface area contributed by atoms with Crippen molar-refractivity contribution in [1.82, 2.24) is 15.3 Å². The van der Waals surface area contributed by atoms with Crippen LogP contribution in [0.2, 0.25) is 0 Å². The number of rotatable bonds is 3. The second-order valence-corrected chi connectivity index (χ2v) is 6.65. The van der Waals surface area contributed by atoms with Crippen molar-refractivity contribution in [3.8, 4) is 0 Å². The lowest BCUT2D eigenvalue weighted by Crippen LogP contribution is -2.40. The number of hydrogen-bond acceptors (Lipinski definition) is 8. The summed E-state index contributed by atoms with van der Waals surface area (Å²) in [4.78, 5) is 36.3. The number of anilines is 3. The number of carboxylic acids is 1. The van der Waals surface area contributed by atoms with E-state index >= 15 is 0 Å². The predicted molar refractivity (Wildman–Crippen MR) is 88.3 cm³/mol. The number of aliphatic carboxylic acids is 1. The highest BCUT2D eigenvalue weighted by Crippen LogP contribution is 2.41. The molecule has 0 bridgehead atoms. The summed E-state index contributed by atoms with van der Waals surface area (Å²) in [5, 5.41) is 12.3. The molecule has 0 aliphatic carbocycles. The first-order valence-corrected chi connectivity index (χ1v) is 8.23. The average Bonchev–Trinajstić information content (AvgIpc) is 3.14. The van der Waals surface area contributed by atoms with Crippen molar-refractivity contribution in [2.24, 2.45) is 11.3 Å². The Kier molecular flexibility index (Phi) is 3.64. The average molecular weight is 348 g/mol. The van der Waals surface area contributed by atoms with E-state index in [0.717, 1.165) is 0 Å². The smallest absolute Gasteiger partial charge is 0.314 e. The highest BCUT2D eigenvalue weighted by molar-refractivity contribution is 5.93. The van der Waals surface area contributed by atoms with Crippen molar-refractivity contribution >= 4 is 29.5 Å². The third kappa shape index (κ3) is 2.53. The molecule has 1 amide bonds. The summed E-state index contributed by atoms with van der Waals surface area (Å²) in [7, 11) is 0. The highest BCUT2D eigenvalue weighted by Gasteiger charge is 2.59. The van der Waals surface area contributed by atoms with Crippen LogP contribution in [0.5, 0.6) is 0 Å². The van der Waals surface area contributed by atoms with E-state index in [0.29, 0.717) is 44.5 Å². The normalized spacial score (nSPS) is 28.8. The Bertz CT molecular complexity index is 722. The molecule has 4 heterocycles. The molecule has 3 saturated heterocycles. The highest BCUT2D eigenvalue weighted by atomic mass is 16.5. The molecule has 0 radical (unpaired) electrons. The molecule has 4 rings (SSSR count). The van der Waals surface area contributed by atoms with Crippen LogP contribution >= 0.6 is 0 Å². The van der Waals surface area contributed by atoms with Gasteiger partial charge in [0.05, 0.1) is 19.1 Å². The maximum atomic E-state index is 12.0. The van der Waals surface area contributed by atoms with Gasteiger partial charge in [0.25, 0.3) is 0 Å². The predicted octanol–water partition coefficient (Wildman–Crippen LogP) is -1.47. The van der Waals surface area contributed by atoms with Crippen LogP contribution in [0.15, 0.2) is 6.07 Å². The zero-order valence-electron chi connectivity index (χ0n) is 13.6. The van der Waals surface area contributed by atoms with Gasteiger partial charge in [-0.15, -0.1) is 0 Å². The van der Waals surface area contributed by atoms with E-state index in [1.165, 1.54) is 0 Å². The number of morpholine rings is 1. The molecular formula is C15H20N6O4. The van der Waals surface area contributed by atoms with Gasteiger partial charge in [-0.1, -0.05) is 0 Å². The van der Waals surface area contributed by atoms with E-state index in [1.54, 1.807) is 6.07 Å². The Balaban J connectivity index is 1.63. The Labute approximate surface area is 144 Å². The molecule has 4 N–H and O–H groups in total. The number of fused-ring (bicyclic) bond motifs is 1. The van der Waals surface area contributed by atoms with Crippen LogP contribution in [-0.4, -0.2) is 72.9 Å². The van der Waals surface area contributed by atoms with Crippen molar-refractivity contribution in [3.05, 3.63) is 6.07 Å². The molecule has 0 saturated carbocycles. The summed E-state index contributed by atoms with van der Waals surface area (Å²) < 4.78 is 5.35. The first-order chi connectivity index (χ1) is 12.0. The van der Waals surface area contributed by atoms with Crippen LogP contribution in [0, 0.1) is 11.3 Å². The number of hydrogen-bond donors (Lipinski definition) is 3. The van der Waals surface area contributed by atoms with Crippen LogP contribution in [0.25, 0.3) is 0 Å². The second kappa shape index (κ2) is 5.73. The first kappa shape index (κ1) is 15.9. The van der Waals surface area contributed by atoms with Gasteiger partial charge in [-0.2, -0.15) is 9.97 Å². The largest absolute Gasteiger partial charge is 0.481 e. The molecule has 25 heavy (non-hydrogen) atoms. The third-order valence-corrected chi connectivity index (χ3v) is 5.24. The Morgan fingerprint density at radius 3 is 2.64 bits per heavy atom. The van der Waals surface area contributed by atoms with Crippen molar-refractivity contribution in [2.45, 2.75) is 0 Å². The SMILES string of the molecule is Nc1nc(N2CCOCC2)cc(N2C[C@H]3C(=O)NC[C@@]3(C(=O)O)C2)n1. The zero-order valence-corrected chi connectivity index (χ0v) is 13.6. The summed E-state index contributed by atoms with van der Waals surface area (Å²) in [5.74, 6) is -0.402. The van der Waals surface area contributed by atoms with Crippen molar-refractivity contribution in [2.75, 3.05) is 61.5 Å². The van der Waals surface area contributed by atoms with E-state index < -0.39 is 17.3 Å². The standard InChI is InChI=1S/C15H20N6O4/c16-14-18-10(20-1-3-25-4-2-20)5-11(19-14)21-6-9-12(22)17-7-15(9,8-21)13(23)24/h5,9H,1-4,6-8H2,(H,17,22)(H,23,24)(H2,16,18,19)/t9-,15+/m0/s1. The number of carbonyl (C=O) groups is 2. The topological polar surface area (TPSA) is 134 Å². The summed E-state index contributed by atoms with van der Waals surface area (Å²) in [5.41, 5.74) is 4.75. The van der Waals surface area contributed by atoms with Crippen LogP contribution < -0.4 is 20.9 Å². The Morgan fingerprint density at radius 2 is 2.00 bits per heavy atom. The van der Waals surface area contributed by atoms with Gasteiger partial charge in [-0.3, -0.25) is 9.59 Å². The number of amides is 1. The Morgan fingerprint density at radius 1 is 1.32 bits per heavy atom. The molecule has 1 aromatic heterocycles. The van der Waals surface area contributed by atoms with Gasteiger partial charge in [0.1, 0.15) is 17.1 Å². The molecule has 10 heteroatoms. The molecule has 10 nitrogen and oxygen atoms in total. The molecule has 2 atom stereocenters.